The van der Waals surface area contributed by atoms with E-state index in [1.54, 1.807) is 0 Å². The number of thiazole rings is 1. The van der Waals surface area contributed by atoms with Gasteiger partial charge >= 0.3 is 0 Å². The number of nitrogens with one attached hydrogen (secondary N) is 1. The van der Waals surface area contributed by atoms with E-state index in [9.17, 15) is 0 Å². The molecule has 0 radical (unpaired) electrons. The molecule has 0 bridgehead atoms. The molecule has 1 aromatic rings. The highest BCUT2D eigenvalue weighted by molar-refractivity contribution is 7.11. The van der Waals surface area contributed by atoms with Crippen LogP contribution in [0.1, 0.15) is 55.5 Å². The van der Waals surface area contributed by atoms with Crippen LogP contribution in [-0.2, 0) is 6.42 Å². The topological polar surface area (TPSA) is 50.9 Å². The van der Waals surface area contributed by atoms with Crippen LogP contribution < -0.4 is 11.1 Å². The molecule has 1 heterocycles. The summed E-state index contributed by atoms with van der Waals surface area (Å²) < 4.78 is 0. The highest BCUT2D eigenvalue weighted by atomic mass is 32.1. The fraction of sp³-hybridized carbons (Fsp3) is 0.786. The van der Waals surface area contributed by atoms with Crippen molar-refractivity contribution in [3.63, 3.8) is 0 Å². The van der Waals surface area contributed by atoms with E-state index in [2.05, 4.69) is 24.1 Å². The second-order valence-electron chi connectivity index (χ2n) is 5.29. The highest BCUT2D eigenvalue weighted by Crippen LogP contribution is 2.27. The van der Waals surface area contributed by atoms with E-state index in [0.717, 1.165) is 13.0 Å². The average molecular weight is 267 g/mol. The molecule has 0 amide bonds. The van der Waals surface area contributed by atoms with E-state index in [0.29, 0.717) is 18.0 Å². The monoisotopic (exact) mass is 267 g/mol. The third-order valence-corrected chi connectivity index (χ3v) is 5.29. The first-order valence-corrected chi connectivity index (χ1v) is 7.97. The standard InChI is InChI=1S/C14H25N3S/c1-3-12-9-16-14(18-12)10(2)17-13-7-5-4-6-11(13)8-15/h9-11,13,17H,3-8,15H2,1-2H3. The Morgan fingerprint density at radius 2 is 2.28 bits per heavy atom. The van der Waals surface area contributed by atoms with Crippen molar-refractivity contribution in [2.75, 3.05) is 6.54 Å². The van der Waals surface area contributed by atoms with Gasteiger partial charge in [-0.15, -0.1) is 11.3 Å². The third kappa shape index (κ3) is 3.31. The maximum Gasteiger partial charge on any atom is 0.109 e. The SMILES string of the molecule is CCc1cnc(C(C)NC2CCCCC2CN)s1. The lowest BCUT2D eigenvalue weighted by atomic mass is 9.84. The van der Waals surface area contributed by atoms with E-state index in [-0.39, 0.29) is 0 Å². The molecule has 1 saturated carbocycles. The predicted octanol–water partition coefficient (Wildman–Crippen LogP) is 2.87. The molecule has 3 N–H and O–H groups in total. The fourth-order valence-corrected chi connectivity index (χ4v) is 3.66. The van der Waals surface area contributed by atoms with Crippen LogP contribution in [0, 0.1) is 5.92 Å². The summed E-state index contributed by atoms with van der Waals surface area (Å²) in [4.78, 5) is 5.90. The summed E-state index contributed by atoms with van der Waals surface area (Å²) >= 11 is 1.83. The Morgan fingerprint density at radius 1 is 1.50 bits per heavy atom. The second kappa shape index (κ2) is 6.64. The molecule has 18 heavy (non-hydrogen) atoms. The molecule has 1 aliphatic rings. The van der Waals surface area contributed by atoms with Crippen molar-refractivity contribution in [2.24, 2.45) is 11.7 Å². The zero-order chi connectivity index (χ0) is 13.0. The van der Waals surface area contributed by atoms with Gasteiger partial charge in [0.05, 0.1) is 6.04 Å². The Morgan fingerprint density at radius 3 is 2.94 bits per heavy atom. The van der Waals surface area contributed by atoms with Gasteiger partial charge in [0.2, 0.25) is 0 Å². The maximum absolute atomic E-state index is 5.88. The molecule has 3 unspecified atom stereocenters. The average Bonchev–Trinajstić information content (AvgIpc) is 2.88. The van der Waals surface area contributed by atoms with Gasteiger partial charge in [-0.05, 0) is 38.6 Å². The molecule has 4 heteroatoms. The van der Waals surface area contributed by atoms with Gasteiger partial charge in [0, 0.05) is 17.1 Å². The zero-order valence-corrected chi connectivity index (χ0v) is 12.3. The molecule has 3 atom stereocenters. The maximum atomic E-state index is 5.88. The number of hydrogen-bond donors (Lipinski definition) is 2. The fourth-order valence-electron chi connectivity index (χ4n) is 2.79. The molecule has 1 aliphatic carbocycles. The van der Waals surface area contributed by atoms with Crippen molar-refractivity contribution in [1.29, 1.82) is 0 Å². The molecule has 3 nitrogen and oxygen atoms in total. The van der Waals surface area contributed by atoms with Gasteiger partial charge in [-0.3, -0.25) is 0 Å². The summed E-state index contributed by atoms with van der Waals surface area (Å²) in [5.74, 6) is 0.645. The Bertz CT molecular complexity index is 364. The zero-order valence-electron chi connectivity index (χ0n) is 11.5. The number of rotatable bonds is 5. The lowest BCUT2D eigenvalue weighted by Gasteiger charge is -2.33. The van der Waals surface area contributed by atoms with E-state index in [1.807, 2.05) is 17.5 Å². The number of hydrogen-bond acceptors (Lipinski definition) is 4. The first kappa shape index (κ1) is 14.0. The molecule has 102 valence electrons. The predicted molar refractivity (Wildman–Crippen MR) is 77.8 cm³/mol. The van der Waals surface area contributed by atoms with Gasteiger partial charge in [-0.25, -0.2) is 4.98 Å². The van der Waals surface area contributed by atoms with E-state index in [4.69, 9.17) is 5.73 Å². The van der Waals surface area contributed by atoms with Gasteiger partial charge in [0.25, 0.3) is 0 Å². The highest BCUT2D eigenvalue weighted by Gasteiger charge is 2.25. The summed E-state index contributed by atoms with van der Waals surface area (Å²) in [7, 11) is 0. The molecular formula is C14H25N3S. The van der Waals surface area contributed by atoms with Crippen LogP contribution in [-0.4, -0.2) is 17.6 Å². The Labute approximate surface area is 114 Å². The minimum atomic E-state index is 0.354. The number of nitrogens with two attached hydrogens (primary N) is 1. The minimum absolute atomic E-state index is 0.354. The van der Waals surface area contributed by atoms with Crippen molar-refractivity contribution >= 4 is 11.3 Å². The van der Waals surface area contributed by atoms with Gasteiger partial charge in [-0.2, -0.15) is 0 Å². The minimum Gasteiger partial charge on any atom is -0.330 e. The van der Waals surface area contributed by atoms with Crippen molar-refractivity contribution in [1.82, 2.24) is 10.3 Å². The van der Waals surface area contributed by atoms with E-state index >= 15 is 0 Å². The van der Waals surface area contributed by atoms with E-state index < -0.39 is 0 Å². The van der Waals surface area contributed by atoms with Crippen LogP contribution in [0.25, 0.3) is 0 Å². The van der Waals surface area contributed by atoms with Crippen molar-refractivity contribution < 1.29 is 0 Å². The Hall–Kier alpha value is -0.450. The normalized spacial score (nSPS) is 26.2. The van der Waals surface area contributed by atoms with Crippen LogP contribution >= 0.6 is 11.3 Å². The van der Waals surface area contributed by atoms with Gasteiger partial charge in [0.15, 0.2) is 0 Å². The molecule has 1 fully saturated rings. The quantitative estimate of drug-likeness (QED) is 0.862. The Kier molecular flexibility index (Phi) is 5.15. The second-order valence-corrected chi connectivity index (χ2v) is 6.44. The summed E-state index contributed by atoms with van der Waals surface area (Å²) in [5, 5.41) is 4.96. The summed E-state index contributed by atoms with van der Waals surface area (Å²) in [6.45, 7) is 5.21. The van der Waals surface area contributed by atoms with Crippen LogP contribution in [0.5, 0.6) is 0 Å². The molecule has 0 aromatic carbocycles. The summed E-state index contributed by atoms with van der Waals surface area (Å²) in [6, 6.07) is 0.931. The first-order chi connectivity index (χ1) is 8.74. The number of aryl methyl sites for hydroxylation is 1. The van der Waals surface area contributed by atoms with Crippen LogP contribution in [0.4, 0.5) is 0 Å². The molecule has 0 saturated heterocycles. The molecular weight excluding hydrogens is 242 g/mol. The van der Waals surface area contributed by atoms with Crippen molar-refractivity contribution in [3.8, 4) is 0 Å². The van der Waals surface area contributed by atoms with Gasteiger partial charge < -0.3 is 11.1 Å². The van der Waals surface area contributed by atoms with Gasteiger partial charge in [-0.1, -0.05) is 19.8 Å². The summed E-state index contributed by atoms with van der Waals surface area (Å²) in [5.41, 5.74) is 5.88. The van der Waals surface area contributed by atoms with Crippen LogP contribution in [0.3, 0.4) is 0 Å². The molecule has 2 rings (SSSR count). The van der Waals surface area contributed by atoms with Crippen molar-refractivity contribution in [3.05, 3.63) is 16.1 Å². The molecule has 0 aliphatic heterocycles. The third-order valence-electron chi connectivity index (χ3n) is 3.97. The lowest BCUT2D eigenvalue weighted by molar-refractivity contribution is 0.252. The van der Waals surface area contributed by atoms with Crippen LogP contribution in [0.15, 0.2) is 6.20 Å². The smallest absolute Gasteiger partial charge is 0.109 e. The van der Waals surface area contributed by atoms with E-state index in [1.165, 1.54) is 35.6 Å². The summed E-state index contributed by atoms with van der Waals surface area (Å²) in [6.07, 6.45) is 8.31. The van der Waals surface area contributed by atoms with Crippen molar-refractivity contribution in [2.45, 2.75) is 58.0 Å². The number of nitrogens with zero attached hydrogens (tertiary/aromatic N) is 1. The largest absolute Gasteiger partial charge is 0.330 e. The Balaban J connectivity index is 1.94. The number of aromatic nitrogens is 1. The lowest BCUT2D eigenvalue weighted by Crippen LogP contribution is -2.42. The first-order valence-electron chi connectivity index (χ1n) is 7.15. The van der Waals surface area contributed by atoms with Gasteiger partial charge in [0.1, 0.15) is 5.01 Å². The molecule has 1 aromatic heterocycles. The molecule has 0 spiro atoms. The van der Waals surface area contributed by atoms with Crippen LogP contribution in [0.2, 0.25) is 0 Å².